The minimum Gasteiger partial charge on any atom is -1.00 e. The summed E-state index contributed by atoms with van der Waals surface area (Å²) in [7, 11) is 0. The Balaban J connectivity index is -0.00000000800. The molecule has 0 atom stereocenters. The first kappa shape index (κ1) is 46.7. The first-order chi connectivity index (χ1) is 3.46. The molecule has 0 unspecified atom stereocenters. The van der Waals surface area contributed by atoms with Gasteiger partial charge < -0.3 is 53.8 Å². The van der Waals surface area contributed by atoms with Crippen LogP contribution in [0, 0.1) is 0 Å². The number of halogens is 2. The van der Waals surface area contributed by atoms with Gasteiger partial charge in [0.05, 0.1) is 0 Å². The van der Waals surface area contributed by atoms with Crippen molar-refractivity contribution in [2.75, 3.05) is 0 Å². The number of carboxylic acids is 2. The SMILES string of the molecule is CC(=O)[O-].CC(=O)[O-].[Br-].[Br-].[Co+2].[Li+].[Li+]. The van der Waals surface area contributed by atoms with Crippen molar-refractivity contribution in [1.29, 1.82) is 0 Å². The van der Waals surface area contributed by atoms with E-state index in [1.54, 1.807) is 0 Å². The summed E-state index contributed by atoms with van der Waals surface area (Å²) in [5.74, 6) is -2.17. The molecule has 71 valence electrons. The van der Waals surface area contributed by atoms with Gasteiger partial charge in [-0.3, -0.25) is 0 Å². The van der Waals surface area contributed by atoms with E-state index in [1.807, 2.05) is 0 Å². The molecular weight excluding hydrogens is 345 g/mol. The van der Waals surface area contributed by atoms with Crippen LogP contribution in [0.2, 0.25) is 0 Å². The van der Waals surface area contributed by atoms with Crippen molar-refractivity contribution >= 4 is 11.9 Å². The molecule has 0 fully saturated rings. The van der Waals surface area contributed by atoms with Crippen LogP contribution in [0.25, 0.3) is 0 Å². The van der Waals surface area contributed by atoms with Crippen LogP contribution in [-0.4, -0.2) is 11.9 Å². The first-order valence-corrected chi connectivity index (χ1v) is 1.82. The minimum atomic E-state index is -1.08. The Morgan fingerprint density at radius 3 is 0.846 bits per heavy atom. The van der Waals surface area contributed by atoms with Gasteiger partial charge in [0.1, 0.15) is 0 Å². The van der Waals surface area contributed by atoms with Crippen molar-refractivity contribution in [1.82, 2.24) is 0 Å². The van der Waals surface area contributed by atoms with Gasteiger partial charge in [0.25, 0.3) is 0 Å². The first-order valence-electron chi connectivity index (χ1n) is 1.82. The molecule has 1 radical (unpaired) electrons. The number of carbonyl (C=O) groups is 2. The summed E-state index contributed by atoms with van der Waals surface area (Å²) in [6.45, 7) is 1.94. The zero-order valence-corrected chi connectivity index (χ0v) is 11.9. The van der Waals surface area contributed by atoms with E-state index >= 15 is 0 Å². The fourth-order valence-corrected chi connectivity index (χ4v) is 0. The number of carbonyl (C=O) groups excluding carboxylic acids is 2. The van der Waals surface area contributed by atoms with Gasteiger partial charge in [-0.1, -0.05) is 0 Å². The molecule has 0 aliphatic carbocycles. The third kappa shape index (κ3) is 714. The zero-order valence-electron chi connectivity index (χ0n) is 7.72. The summed E-state index contributed by atoms with van der Waals surface area (Å²) in [5, 5.41) is 17.8. The number of aliphatic carboxylic acids is 2. The van der Waals surface area contributed by atoms with E-state index in [9.17, 15) is 0 Å². The van der Waals surface area contributed by atoms with Crippen molar-refractivity contribution in [3.05, 3.63) is 0 Å². The predicted octanol–water partition coefficient (Wildman–Crippen LogP) is -14.5. The average Bonchev–Trinajstić information content (AvgIpc) is 1.25. The number of hydrogen-bond donors (Lipinski definition) is 0. The van der Waals surface area contributed by atoms with Gasteiger partial charge in [-0.25, -0.2) is 0 Å². The van der Waals surface area contributed by atoms with Crippen molar-refractivity contribution in [2.24, 2.45) is 0 Å². The molecule has 0 aromatic heterocycles. The van der Waals surface area contributed by atoms with Crippen LogP contribution in [0.4, 0.5) is 0 Å². The maximum Gasteiger partial charge on any atom is 2.00 e. The number of hydrogen-bond acceptors (Lipinski definition) is 4. The van der Waals surface area contributed by atoms with E-state index in [2.05, 4.69) is 0 Å². The van der Waals surface area contributed by atoms with Gasteiger partial charge in [0, 0.05) is 11.9 Å². The molecule has 0 bridgehead atoms. The molecule has 0 spiro atoms. The molecule has 13 heavy (non-hydrogen) atoms. The fraction of sp³-hybridized carbons (Fsp3) is 0.500. The van der Waals surface area contributed by atoms with Crippen LogP contribution in [0.3, 0.4) is 0 Å². The minimum absolute atomic E-state index is 0. The fourth-order valence-electron chi connectivity index (χ4n) is 0. The van der Waals surface area contributed by atoms with Crippen molar-refractivity contribution in [3.8, 4) is 0 Å². The summed E-state index contributed by atoms with van der Waals surface area (Å²) < 4.78 is 0. The van der Waals surface area contributed by atoms with Crippen molar-refractivity contribution in [2.45, 2.75) is 13.8 Å². The molecule has 0 amide bonds. The number of carboxylic acid groups (broad SMARTS) is 2. The smallest absolute Gasteiger partial charge is 1.00 e. The van der Waals surface area contributed by atoms with Crippen molar-refractivity contribution < 1.29 is 108 Å². The predicted molar refractivity (Wildman–Crippen MR) is 21.4 cm³/mol. The Bertz CT molecular complexity index is 86.1. The van der Waals surface area contributed by atoms with E-state index in [1.165, 1.54) is 0 Å². The Morgan fingerprint density at radius 2 is 0.846 bits per heavy atom. The van der Waals surface area contributed by atoms with E-state index < -0.39 is 11.9 Å². The van der Waals surface area contributed by atoms with Crippen LogP contribution in [0.1, 0.15) is 13.8 Å². The second kappa shape index (κ2) is 37.4. The second-order valence-electron chi connectivity index (χ2n) is 0.983. The van der Waals surface area contributed by atoms with E-state index in [0.29, 0.717) is 0 Å². The molecule has 9 heteroatoms. The third-order valence-electron chi connectivity index (χ3n) is 0. The molecule has 0 rings (SSSR count). The summed E-state index contributed by atoms with van der Waals surface area (Å²) in [5.41, 5.74) is 0. The summed E-state index contributed by atoms with van der Waals surface area (Å²) >= 11 is 0. The molecule has 0 aliphatic rings. The Labute approximate surface area is 133 Å². The Morgan fingerprint density at radius 1 is 0.846 bits per heavy atom. The van der Waals surface area contributed by atoms with Gasteiger partial charge in [-0.05, 0) is 13.8 Å². The maximum atomic E-state index is 8.89. The molecule has 0 aliphatic heterocycles. The summed E-state index contributed by atoms with van der Waals surface area (Å²) in [4.78, 5) is 17.8. The van der Waals surface area contributed by atoms with E-state index in [-0.39, 0.29) is 88.5 Å². The molecule has 0 saturated carbocycles. The van der Waals surface area contributed by atoms with Crippen LogP contribution in [0.15, 0.2) is 0 Å². The van der Waals surface area contributed by atoms with Gasteiger partial charge in [0.15, 0.2) is 0 Å². The van der Waals surface area contributed by atoms with Crippen LogP contribution in [-0.2, 0) is 26.4 Å². The second-order valence-corrected chi connectivity index (χ2v) is 0.983. The normalized spacial score (nSPS) is 3.85. The molecule has 4 nitrogen and oxygen atoms in total. The monoisotopic (exact) mass is 349 g/mol. The topological polar surface area (TPSA) is 80.3 Å². The number of rotatable bonds is 0. The summed E-state index contributed by atoms with van der Waals surface area (Å²) in [6, 6.07) is 0. The Kier molecular flexibility index (Phi) is 134. The zero-order chi connectivity index (χ0) is 7.15. The molecular formula is C4H6Br2CoLi2O4. The average molecular weight is 351 g/mol. The van der Waals surface area contributed by atoms with Gasteiger partial charge in [0.2, 0.25) is 0 Å². The quantitative estimate of drug-likeness (QED) is 0.406. The van der Waals surface area contributed by atoms with Gasteiger partial charge in [-0.2, -0.15) is 0 Å². The molecule has 0 heterocycles. The van der Waals surface area contributed by atoms with E-state index in [0.717, 1.165) is 13.8 Å². The molecule has 0 aromatic carbocycles. The standard InChI is InChI=1S/2C2H4O2.2BrH.Co.2Li/c2*1-2(3)4;;;;;/h2*1H3,(H,3,4);2*1H;;;/q;;;;+2;2*+1/p-4. The Hall–Kier alpha value is 1.60. The van der Waals surface area contributed by atoms with Crippen LogP contribution >= 0.6 is 0 Å². The third-order valence-corrected chi connectivity index (χ3v) is 0. The largest absolute Gasteiger partial charge is 2.00 e. The van der Waals surface area contributed by atoms with Gasteiger partial charge >= 0.3 is 54.5 Å². The van der Waals surface area contributed by atoms with Crippen molar-refractivity contribution in [3.63, 3.8) is 0 Å². The van der Waals surface area contributed by atoms with Crippen LogP contribution in [0.5, 0.6) is 0 Å². The van der Waals surface area contributed by atoms with Gasteiger partial charge in [-0.15, -0.1) is 0 Å². The summed E-state index contributed by atoms with van der Waals surface area (Å²) in [6.07, 6.45) is 0. The molecule has 0 saturated heterocycles. The molecule has 0 N–H and O–H groups in total. The molecule has 0 aromatic rings. The van der Waals surface area contributed by atoms with Crippen LogP contribution < -0.4 is 81.9 Å². The van der Waals surface area contributed by atoms with E-state index in [4.69, 9.17) is 19.8 Å². The maximum absolute atomic E-state index is 8.89.